The van der Waals surface area contributed by atoms with E-state index >= 15 is 0 Å². The van der Waals surface area contributed by atoms with Gasteiger partial charge >= 0.3 is 0 Å². The smallest absolute Gasteiger partial charge is 0.0585 e. The lowest BCUT2D eigenvalue weighted by Crippen LogP contribution is -2.26. The lowest BCUT2D eigenvalue weighted by molar-refractivity contribution is 0.265. The quantitative estimate of drug-likeness (QED) is 0.810. The van der Waals surface area contributed by atoms with Crippen LogP contribution in [0.2, 0.25) is 0 Å². The van der Waals surface area contributed by atoms with Gasteiger partial charge in [-0.15, -0.1) is 0 Å². The van der Waals surface area contributed by atoms with Crippen molar-refractivity contribution in [3.05, 3.63) is 54.4 Å². The predicted octanol–water partition coefficient (Wildman–Crippen LogP) is 1.34. The highest BCUT2D eigenvalue weighted by atomic mass is 16.3. The first kappa shape index (κ1) is 10.9. The molecule has 0 aliphatic rings. The molecule has 1 heterocycles. The fourth-order valence-corrected chi connectivity index (χ4v) is 1.68. The fourth-order valence-electron chi connectivity index (χ4n) is 1.68. The zero-order valence-electron chi connectivity index (χ0n) is 9.08. The number of aliphatic hydroxyl groups excluding tert-OH is 1. The highest BCUT2D eigenvalue weighted by molar-refractivity contribution is 5.35. The lowest BCUT2D eigenvalue weighted by atomic mass is 10.1. The van der Waals surface area contributed by atoms with Gasteiger partial charge in [-0.2, -0.15) is 0 Å². The third kappa shape index (κ3) is 2.51. The number of benzene rings is 1. The summed E-state index contributed by atoms with van der Waals surface area (Å²) in [5, 5.41) is 8.87. The van der Waals surface area contributed by atoms with E-state index in [1.165, 1.54) is 0 Å². The summed E-state index contributed by atoms with van der Waals surface area (Å²) < 4.78 is 2.05. The van der Waals surface area contributed by atoms with E-state index in [1.807, 2.05) is 36.7 Å². The summed E-state index contributed by atoms with van der Waals surface area (Å²) in [6.45, 7) is 0.0271. The largest absolute Gasteiger partial charge is 0.395 e. The first-order valence-corrected chi connectivity index (χ1v) is 5.38. The molecule has 0 radical (unpaired) electrons. The Morgan fingerprint density at radius 1 is 1.12 bits per heavy atom. The third-order valence-electron chi connectivity index (χ3n) is 2.57. The van der Waals surface area contributed by atoms with E-state index < -0.39 is 0 Å². The van der Waals surface area contributed by atoms with Crippen molar-refractivity contribution in [3.63, 3.8) is 0 Å². The molecule has 0 fully saturated rings. The number of nitrogens with two attached hydrogens (primary N) is 1. The van der Waals surface area contributed by atoms with Crippen LogP contribution in [0.4, 0.5) is 0 Å². The number of nitrogens with zero attached hydrogens (tertiary/aromatic N) is 1. The van der Waals surface area contributed by atoms with Gasteiger partial charge in [0.1, 0.15) is 0 Å². The van der Waals surface area contributed by atoms with Crippen molar-refractivity contribution in [3.8, 4) is 5.69 Å². The molecule has 3 heteroatoms. The van der Waals surface area contributed by atoms with Gasteiger partial charge in [0, 0.05) is 24.1 Å². The van der Waals surface area contributed by atoms with Crippen molar-refractivity contribution < 1.29 is 5.11 Å². The van der Waals surface area contributed by atoms with Gasteiger partial charge in [-0.05, 0) is 36.2 Å². The van der Waals surface area contributed by atoms with Crippen LogP contribution in [0.1, 0.15) is 5.56 Å². The highest BCUT2D eigenvalue weighted by Crippen LogP contribution is 2.10. The normalized spacial score (nSPS) is 12.6. The maximum absolute atomic E-state index is 8.87. The van der Waals surface area contributed by atoms with Crippen LogP contribution in [0.5, 0.6) is 0 Å². The number of aliphatic hydroxyl groups is 1. The Labute approximate surface area is 95.1 Å². The molecule has 0 aliphatic carbocycles. The lowest BCUT2D eigenvalue weighted by Gasteiger charge is -2.09. The maximum Gasteiger partial charge on any atom is 0.0585 e. The fraction of sp³-hybridized carbons (Fsp3) is 0.231. The molecule has 0 bridgehead atoms. The van der Waals surface area contributed by atoms with Gasteiger partial charge in [0.2, 0.25) is 0 Å². The topological polar surface area (TPSA) is 51.2 Å². The van der Waals surface area contributed by atoms with E-state index in [0.29, 0.717) is 6.42 Å². The van der Waals surface area contributed by atoms with Crippen molar-refractivity contribution in [2.24, 2.45) is 5.73 Å². The molecule has 3 N–H and O–H groups in total. The van der Waals surface area contributed by atoms with Crippen LogP contribution in [0.15, 0.2) is 48.8 Å². The SMILES string of the molecule is NC(CO)Cc1ccc(-n2cccc2)cc1. The number of aromatic nitrogens is 1. The van der Waals surface area contributed by atoms with Gasteiger partial charge in [-0.25, -0.2) is 0 Å². The van der Waals surface area contributed by atoms with Crippen molar-refractivity contribution in [2.45, 2.75) is 12.5 Å². The van der Waals surface area contributed by atoms with E-state index in [9.17, 15) is 0 Å². The predicted molar refractivity (Wildman–Crippen MR) is 64.5 cm³/mol. The second-order valence-electron chi connectivity index (χ2n) is 3.90. The molecule has 2 rings (SSSR count). The standard InChI is InChI=1S/C13H16N2O/c14-12(10-16)9-11-3-5-13(6-4-11)15-7-1-2-8-15/h1-8,12,16H,9-10,14H2. The van der Waals surface area contributed by atoms with Crippen molar-refractivity contribution in [2.75, 3.05) is 6.61 Å². The van der Waals surface area contributed by atoms with Crippen molar-refractivity contribution in [1.82, 2.24) is 4.57 Å². The van der Waals surface area contributed by atoms with Crippen molar-refractivity contribution >= 4 is 0 Å². The Balaban J connectivity index is 2.11. The van der Waals surface area contributed by atoms with Gasteiger partial charge in [-0.3, -0.25) is 0 Å². The molecule has 1 atom stereocenters. The zero-order chi connectivity index (χ0) is 11.4. The molecule has 1 unspecified atom stereocenters. The summed E-state index contributed by atoms with van der Waals surface area (Å²) in [5.74, 6) is 0. The second kappa shape index (κ2) is 4.96. The summed E-state index contributed by atoms with van der Waals surface area (Å²) in [6.07, 6.45) is 4.73. The summed E-state index contributed by atoms with van der Waals surface area (Å²) in [6, 6.07) is 12.0. The Morgan fingerprint density at radius 3 is 2.31 bits per heavy atom. The van der Waals surface area contributed by atoms with Crippen LogP contribution in [-0.4, -0.2) is 22.3 Å². The molecule has 0 aliphatic heterocycles. The molecule has 0 spiro atoms. The molecular weight excluding hydrogens is 200 g/mol. The third-order valence-corrected chi connectivity index (χ3v) is 2.57. The van der Waals surface area contributed by atoms with Gasteiger partial charge in [0.05, 0.1) is 6.61 Å². The molecule has 16 heavy (non-hydrogen) atoms. The first-order valence-electron chi connectivity index (χ1n) is 5.38. The molecule has 84 valence electrons. The van der Waals surface area contributed by atoms with E-state index in [0.717, 1.165) is 11.3 Å². The van der Waals surface area contributed by atoms with Gasteiger partial charge in [0.25, 0.3) is 0 Å². The molecule has 1 aromatic carbocycles. The van der Waals surface area contributed by atoms with Crippen LogP contribution in [0.25, 0.3) is 5.69 Å². The number of hydrogen-bond donors (Lipinski definition) is 2. The second-order valence-corrected chi connectivity index (χ2v) is 3.90. The van der Waals surface area contributed by atoms with E-state index in [-0.39, 0.29) is 12.6 Å². The Hall–Kier alpha value is -1.58. The van der Waals surface area contributed by atoms with E-state index in [1.54, 1.807) is 0 Å². The van der Waals surface area contributed by atoms with Gasteiger partial charge < -0.3 is 15.4 Å². The monoisotopic (exact) mass is 216 g/mol. The molecule has 2 aromatic rings. The van der Waals surface area contributed by atoms with Crippen LogP contribution in [-0.2, 0) is 6.42 Å². The minimum absolute atomic E-state index is 0.0271. The summed E-state index contributed by atoms with van der Waals surface area (Å²) in [7, 11) is 0. The molecule has 1 aromatic heterocycles. The van der Waals surface area contributed by atoms with Crippen LogP contribution < -0.4 is 5.73 Å². The minimum Gasteiger partial charge on any atom is -0.395 e. The Bertz CT molecular complexity index is 420. The van der Waals surface area contributed by atoms with Crippen LogP contribution >= 0.6 is 0 Å². The highest BCUT2D eigenvalue weighted by Gasteiger charge is 2.02. The Kier molecular flexibility index (Phi) is 3.39. The van der Waals surface area contributed by atoms with E-state index in [4.69, 9.17) is 10.8 Å². The van der Waals surface area contributed by atoms with Gasteiger partial charge in [0.15, 0.2) is 0 Å². The molecule has 0 saturated heterocycles. The molecule has 0 saturated carbocycles. The van der Waals surface area contributed by atoms with Crippen LogP contribution in [0.3, 0.4) is 0 Å². The van der Waals surface area contributed by atoms with Crippen LogP contribution in [0, 0.1) is 0 Å². The summed E-state index contributed by atoms with van der Waals surface area (Å²) >= 11 is 0. The number of hydrogen-bond acceptors (Lipinski definition) is 2. The summed E-state index contributed by atoms with van der Waals surface area (Å²) in [4.78, 5) is 0. The average Bonchev–Trinajstić information content (AvgIpc) is 2.83. The zero-order valence-corrected chi connectivity index (χ0v) is 9.08. The molecule has 0 amide bonds. The summed E-state index contributed by atoms with van der Waals surface area (Å²) in [5.41, 5.74) is 7.96. The number of rotatable bonds is 4. The van der Waals surface area contributed by atoms with Gasteiger partial charge in [-0.1, -0.05) is 12.1 Å². The molecular formula is C13H16N2O. The minimum atomic E-state index is -0.169. The Morgan fingerprint density at radius 2 is 1.75 bits per heavy atom. The molecule has 3 nitrogen and oxygen atoms in total. The maximum atomic E-state index is 8.87. The average molecular weight is 216 g/mol. The van der Waals surface area contributed by atoms with Crippen molar-refractivity contribution in [1.29, 1.82) is 0 Å². The first-order chi connectivity index (χ1) is 7.79. The van der Waals surface area contributed by atoms with E-state index in [2.05, 4.69) is 16.7 Å².